The number of hydrogen-bond donors (Lipinski definition) is 1. The Kier molecular flexibility index (Phi) is 3.32. The fourth-order valence-corrected chi connectivity index (χ4v) is 2.95. The Morgan fingerprint density at radius 1 is 0.885 bits per heavy atom. The van der Waals surface area contributed by atoms with Gasteiger partial charge in [0.2, 0.25) is 5.95 Å². The third kappa shape index (κ3) is 2.37. The molecular formula is C18H12ClN7. The third-order valence-electron chi connectivity index (χ3n) is 4.08. The minimum absolute atomic E-state index is 0.597. The van der Waals surface area contributed by atoms with Crippen LogP contribution in [0.3, 0.4) is 0 Å². The molecule has 0 aliphatic rings. The summed E-state index contributed by atoms with van der Waals surface area (Å²) in [6, 6.07) is 17.2. The lowest BCUT2D eigenvalue weighted by molar-refractivity contribution is 0.893. The van der Waals surface area contributed by atoms with E-state index >= 15 is 0 Å². The zero-order valence-electron chi connectivity index (χ0n) is 13.4. The first-order valence-corrected chi connectivity index (χ1v) is 8.33. The molecule has 0 aliphatic heterocycles. The van der Waals surface area contributed by atoms with Crippen LogP contribution in [0.5, 0.6) is 0 Å². The van der Waals surface area contributed by atoms with Gasteiger partial charge in [0.25, 0.3) is 0 Å². The summed E-state index contributed by atoms with van der Waals surface area (Å²) in [4.78, 5) is 4.55. The van der Waals surface area contributed by atoms with E-state index in [2.05, 4.69) is 25.6 Å². The molecule has 5 rings (SSSR count). The average Bonchev–Trinajstić information content (AvgIpc) is 3.27. The lowest BCUT2D eigenvalue weighted by Gasteiger charge is -2.05. The highest BCUT2D eigenvalue weighted by atomic mass is 35.5. The van der Waals surface area contributed by atoms with Crippen LogP contribution in [0.25, 0.3) is 22.4 Å². The minimum atomic E-state index is 0.597. The molecule has 0 aliphatic carbocycles. The molecule has 26 heavy (non-hydrogen) atoms. The summed E-state index contributed by atoms with van der Waals surface area (Å²) < 4.78 is 3.56. The van der Waals surface area contributed by atoms with Gasteiger partial charge in [0, 0.05) is 10.7 Å². The lowest BCUT2D eigenvalue weighted by Crippen LogP contribution is -2.00. The molecule has 0 unspecified atom stereocenters. The van der Waals surface area contributed by atoms with Gasteiger partial charge in [-0.25, -0.2) is 9.67 Å². The molecule has 0 saturated carbocycles. The van der Waals surface area contributed by atoms with Crippen molar-refractivity contribution in [3.63, 3.8) is 0 Å². The molecule has 2 aromatic carbocycles. The molecule has 0 bridgehead atoms. The van der Waals surface area contributed by atoms with Gasteiger partial charge in [-0.15, -0.1) is 10.2 Å². The molecule has 0 saturated heterocycles. The third-order valence-corrected chi connectivity index (χ3v) is 4.33. The Morgan fingerprint density at radius 3 is 2.50 bits per heavy atom. The van der Waals surface area contributed by atoms with Crippen LogP contribution in [0.4, 0.5) is 11.6 Å². The van der Waals surface area contributed by atoms with Gasteiger partial charge in [-0.2, -0.15) is 5.10 Å². The Balaban J connectivity index is 1.62. The first kappa shape index (κ1) is 14.9. The van der Waals surface area contributed by atoms with Gasteiger partial charge in [-0.1, -0.05) is 29.8 Å². The molecule has 126 valence electrons. The molecule has 0 amide bonds. The number of aromatic nitrogens is 6. The monoisotopic (exact) mass is 361 g/mol. The van der Waals surface area contributed by atoms with Crippen LogP contribution in [0.2, 0.25) is 5.02 Å². The zero-order chi connectivity index (χ0) is 17.5. The van der Waals surface area contributed by atoms with Gasteiger partial charge in [0.1, 0.15) is 6.33 Å². The summed E-state index contributed by atoms with van der Waals surface area (Å²) in [5, 5.41) is 17.7. The normalized spacial score (nSPS) is 11.3. The van der Waals surface area contributed by atoms with Crippen molar-refractivity contribution in [1.29, 1.82) is 0 Å². The van der Waals surface area contributed by atoms with E-state index in [0.29, 0.717) is 22.3 Å². The molecule has 3 aromatic heterocycles. The fourth-order valence-electron chi connectivity index (χ4n) is 2.83. The van der Waals surface area contributed by atoms with Gasteiger partial charge in [-0.3, -0.25) is 4.40 Å². The van der Waals surface area contributed by atoms with Gasteiger partial charge in [-0.05, 0) is 36.4 Å². The second-order valence-electron chi connectivity index (χ2n) is 5.72. The smallest absolute Gasteiger partial charge is 0.234 e. The van der Waals surface area contributed by atoms with Crippen LogP contribution in [0, 0.1) is 0 Å². The predicted octanol–water partition coefficient (Wildman–Crippen LogP) is 3.86. The Labute approximate surface area is 152 Å². The largest absolute Gasteiger partial charge is 0.324 e. The van der Waals surface area contributed by atoms with E-state index in [1.807, 2.05) is 59.0 Å². The number of fused-ring (bicyclic) bond motifs is 3. The second kappa shape index (κ2) is 5.82. The minimum Gasteiger partial charge on any atom is -0.324 e. The number of para-hydroxylation sites is 1. The molecule has 0 atom stereocenters. The summed E-state index contributed by atoms with van der Waals surface area (Å²) >= 11 is 5.96. The average molecular weight is 362 g/mol. The van der Waals surface area contributed by atoms with Gasteiger partial charge >= 0.3 is 0 Å². The maximum Gasteiger partial charge on any atom is 0.234 e. The molecule has 0 radical (unpaired) electrons. The molecule has 0 spiro atoms. The van der Waals surface area contributed by atoms with Crippen LogP contribution in [-0.4, -0.2) is 29.4 Å². The maximum absolute atomic E-state index is 5.96. The molecule has 7 nitrogen and oxygen atoms in total. The highest BCUT2D eigenvalue weighted by Gasteiger charge is 2.14. The zero-order valence-corrected chi connectivity index (χ0v) is 14.2. The Bertz CT molecular complexity index is 1210. The number of benzene rings is 2. The van der Waals surface area contributed by atoms with Crippen molar-refractivity contribution in [3.05, 3.63) is 72.1 Å². The molecule has 1 N–H and O–H groups in total. The maximum atomic E-state index is 5.96. The van der Waals surface area contributed by atoms with Gasteiger partial charge in [0.05, 0.1) is 17.3 Å². The van der Waals surface area contributed by atoms with Crippen molar-refractivity contribution in [2.75, 3.05) is 5.32 Å². The number of halogens is 1. The van der Waals surface area contributed by atoms with E-state index in [9.17, 15) is 0 Å². The van der Waals surface area contributed by atoms with E-state index < -0.39 is 0 Å². The fraction of sp³-hybridized carbons (Fsp3) is 0. The summed E-state index contributed by atoms with van der Waals surface area (Å²) in [5.74, 6) is 0.597. The van der Waals surface area contributed by atoms with Crippen LogP contribution >= 0.6 is 11.6 Å². The van der Waals surface area contributed by atoms with Crippen LogP contribution in [0.1, 0.15) is 0 Å². The lowest BCUT2D eigenvalue weighted by atomic mass is 10.3. The molecule has 8 heteroatoms. The van der Waals surface area contributed by atoms with Crippen molar-refractivity contribution >= 4 is 39.9 Å². The number of nitrogens with one attached hydrogen (secondary N) is 1. The standard InChI is InChI=1S/C18H12ClN7/c19-12-6-8-14(9-7-12)26-16-15(10-21-26)17-23-24-18(25(17)11-20-16)22-13-4-2-1-3-5-13/h1-11H,(H,22,24). The summed E-state index contributed by atoms with van der Waals surface area (Å²) in [5.41, 5.74) is 3.20. The molecule has 0 fully saturated rings. The second-order valence-corrected chi connectivity index (χ2v) is 6.16. The van der Waals surface area contributed by atoms with Gasteiger partial charge in [0.15, 0.2) is 11.3 Å². The quantitative estimate of drug-likeness (QED) is 0.528. The van der Waals surface area contributed by atoms with Crippen LogP contribution < -0.4 is 5.32 Å². The van der Waals surface area contributed by atoms with E-state index in [0.717, 1.165) is 16.8 Å². The number of anilines is 2. The Hall–Kier alpha value is -3.45. The highest BCUT2D eigenvalue weighted by Crippen LogP contribution is 2.23. The first-order valence-electron chi connectivity index (χ1n) is 7.95. The van der Waals surface area contributed by atoms with E-state index in [4.69, 9.17) is 11.6 Å². The van der Waals surface area contributed by atoms with Gasteiger partial charge < -0.3 is 5.32 Å². The van der Waals surface area contributed by atoms with E-state index in [-0.39, 0.29) is 0 Å². The van der Waals surface area contributed by atoms with E-state index in [1.165, 1.54) is 0 Å². The number of rotatable bonds is 3. The predicted molar refractivity (Wildman–Crippen MR) is 100 cm³/mol. The van der Waals surface area contributed by atoms with E-state index in [1.54, 1.807) is 17.2 Å². The SMILES string of the molecule is Clc1ccc(-n2ncc3c2ncn2c(Nc4ccccc4)nnc32)cc1. The Morgan fingerprint density at radius 2 is 1.69 bits per heavy atom. The topological polar surface area (TPSA) is 72.9 Å². The molecule has 3 heterocycles. The van der Waals surface area contributed by atoms with Crippen molar-refractivity contribution < 1.29 is 0 Å². The van der Waals surface area contributed by atoms with Crippen LogP contribution in [-0.2, 0) is 0 Å². The highest BCUT2D eigenvalue weighted by molar-refractivity contribution is 6.30. The number of hydrogen-bond acceptors (Lipinski definition) is 5. The number of nitrogens with zero attached hydrogens (tertiary/aromatic N) is 6. The van der Waals surface area contributed by atoms with Crippen molar-refractivity contribution in [2.24, 2.45) is 0 Å². The summed E-state index contributed by atoms with van der Waals surface area (Å²) in [7, 11) is 0. The summed E-state index contributed by atoms with van der Waals surface area (Å²) in [6.07, 6.45) is 3.43. The van der Waals surface area contributed by atoms with Crippen molar-refractivity contribution in [2.45, 2.75) is 0 Å². The van der Waals surface area contributed by atoms with Crippen molar-refractivity contribution in [1.82, 2.24) is 29.4 Å². The summed E-state index contributed by atoms with van der Waals surface area (Å²) in [6.45, 7) is 0. The first-order chi connectivity index (χ1) is 12.8. The van der Waals surface area contributed by atoms with Crippen LogP contribution in [0.15, 0.2) is 67.1 Å². The molecule has 5 aromatic rings. The van der Waals surface area contributed by atoms with Crippen molar-refractivity contribution in [3.8, 4) is 5.69 Å². The molecular weight excluding hydrogens is 350 g/mol.